The SMILES string of the molecule is CCCN(CCC)CCNC(=O)CNC(=S)N1C[C@H]2C[C@@H](C1)c1cccc(=O)n1C2. The Morgan fingerprint density at radius 3 is 2.63 bits per heavy atom. The molecule has 8 heteroatoms. The molecule has 2 N–H and O–H groups in total. The van der Waals surface area contributed by atoms with Crippen LogP contribution in [0.25, 0.3) is 0 Å². The van der Waals surface area contributed by atoms with Crippen molar-refractivity contribution in [2.75, 3.05) is 45.8 Å². The smallest absolute Gasteiger partial charge is 0.250 e. The minimum absolute atomic E-state index is 0.0283. The normalized spacial score (nSPS) is 20.0. The monoisotopic (exact) mass is 433 g/mol. The summed E-state index contributed by atoms with van der Waals surface area (Å²) >= 11 is 5.58. The van der Waals surface area contributed by atoms with E-state index in [1.165, 1.54) is 0 Å². The molecule has 2 bridgehead atoms. The van der Waals surface area contributed by atoms with Crippen LogP contribution in [-0.2, 0) is 11.3 Å². The van der Waals surface area contributed by atoms with E-state index in [1.54, 1.807) is 6.07 Å². The lowest BCUT2D eigenvalue weighted by atomic mass is 9.83. The fourth-order valence-electron chi connectivity index (χ4n) is 4.71. The van der Waals surface area contributed by atoms with Gasteiger partial charge in [0.15, 0.2) is 5.11 Å². The predicted octanol–water partition coefficient (Wildman–Crippen LogP) is 1.38. The maximum Gasteiger partial charge on any atom is 0.250 e. The molecular weight excluding hydrogens is 398 g/mol. The topological polar surface area (TPSA) is 69.6 Å². The molecule has 0 saturated carbocycles. The maximum atomic E-state index is 12.2. The lowest BCUT2D eigenvalue weighted by Gasteiger charge is -2.43. The number of piperidine rings is 1. The van der Waals surface area contributed by atoms with Crippen LogP contribution in [-0.4, -0.2) is 71.2 Å². The molecule has 2 aliphatic rings. The molecule has 1 aromatic rings. The van der Waals surface area contributed by atoms with Gasteiger partial charge in [0.2, 0.25) is 5.91 Å². The van der Waals surface area contributed by atoms with Gasteiger partial charge >= 0.3 is 0 Å². The molecule has 1 aromatic heterocycles. The molecule has 1 fully saturated rings. The zero-order valence-electron chi connectivity index (χ0n) is 18.2. The molecule has 166 valence electrons. The zero-order chi connectivity index (χ0) is 21.5. The van der Waals surface area contributed by atoms with Gasteiger partial charge in [0.05, 0.1) is 6.54 Å². The number of fused-ring (bicyclic) bond motifs is 4. The molecule has 1 saturated heterocycles. The first-order valence-corrected chi connectivity index (χ1v) is 11.6. The van der Waals surface area contributed by atoms with Crippen LogP contribution in [0.5, 0.6) is 0 Å². The first-order valence-electron chi connectivity index (χ1n) is 11.2. The fraction of sp³-hybridized carbons (Fsp3) is 0.682. The van der Waals surface area contributed by atoms with E-state index in [1.807, 2.05) is 10.6 Å². The van der Waals surface area contributed by atoms with Crippen LogP contribution in [0, 0.1) is 5.92 Å². The second-order valence-electron chi connectivity index (χ2n) is 8.45. The standard InChI is InChI=1S/C22H35N5O2S/c1-3-9-25(10-4-2)11-8-23-20(28)13-24-22(30)26-14-17-12-18(16-26)19-6-5-7-21(29)27(19)15-17/h5-7,17-18H,3-4,8-16H2,1-2H3,(H,23,28)(H,24,30)/t17-,18+/m1/s1. The Kier molecular flexibility index (Phi) is 8.27. The molecule has 7 nitrogen and oxygen atoms in total. The first-order chi connectivity index (χ1) is 14.5. The third-order valence-corrected chi connectivity index (χ3v) is 6.40. The van der Waals surface area contributed by atoms with Gasteiger partial charge in [0.1, 0.15) is 0 Å². The second-order valence-corrected chi connectivity index (χ2v) is 8.84. The van der Waals surface area contributed by atoms with Crippen molar-refractivity contribution >= 4 is 23.2 Å². The Balaban J connectivity index is 1.43. The highest BCUT2D eigenvalue weighted by molar-refractivity contribution is 7.80. The molecule has 0 radical (unpaired) electrons. The highest BCUT2D eigenvalue weighted by atomic mass is 32.1. The highest BCUT2D eigenvalue weighted by Gasteiger charge is 2.35. The zero-order valence-corrected chi connectivity index (χ0v) is 19.0. The molecule has 0 aliphatic carbocycles. The number of hydrogen-bond donors (Lipinski definition) is 2. The van der Waals surface area contributed by atoms with E-state index in [-0.39, 0.29) is 18.0 Å². The number of rotatable bonds is 9. The van der Waals surface area contributed by atoms with E-state index in [4.69, 9.17) is 12.2 Å². The van der Waals surface area contributed by atoms with Crippen molar-refractivity contribution in [3.05, 3.63) is 34.2 Å². The summed E-state index contributed by atoms with van der Waals surface area (Å²) in [5.74, 6) is 0.690. The van der Waals surface area contributed by atoms with Gasteiger partial charge in [-0.15, -0.1) is 0 Å². The minimum atomic E-state index is -0.0283. The van der Waals surface area contributed by atoms with E-state index in [9.17, 15) is 9.59 Å². The van der Waals surface area contributed by atoms with Crippen molar-refractivity contribution < 1.29 is 4.79 Å². The number of amides is 1. The first kappa shape index (κ1) is 22.7. The fourth-order valence-corrected chi connectivity index (χ4v) is 4.94. The van der Waals surface area contributed by atoms with Crippen molar-refractivity contribution in [3.63, 3.8) is 0 Å². The average molecular weight is 434 g/mol. The summed E-state index contributed by atoms with van der Waals surface area (Å²) < 4.78 is 1.92. The van der Waals surface area contributed by atoms with Gasteiger partial charge in [-0.25, -0.2) is 0 Å². The summed E-state index contributed by atoms with van der Waals surface area (Å²) in [6.07, 6.45) is 3.34. The third kappa shape index (κ3) is 5.82. The maximum absolute atomic E-state index is 12.2. The van der Waals surface area contributed by atoms with Gasteiger partial charge < -0.3 is 25.0 Å². The summed E-state index contributed by atoms with van der Waals surface area (Å²) in [4.78, 5) is 28.9. The van der Waals surface area contributed by atoms with E-state index in [0.29, 0.717) is 23.5 Å². The summed E-state index contributed by atoms with van der Waals surface area (Å²) in [6, 6.07) is 5.53. The Bertz CT molecular complexity index is 790. The van der Waals surface area contributed by atoms with Crippen LogP contribution in [0.1, 0.15) is 44.7 Å². The highest BCUT2D eigenvalue weighted by Crippen LogP contribution is 2.34. The Labute approximate surface area is 184 Å². The molecule has 2 atom stereocenters. The number of aromatic nitrogens is 1. The van der Waals surface area contributed by atoms with Crippen molar-refractivity contribution in [2.45, 2.75) is 45.6 Å². The minimum Gasteiger partial charge on any atom is -0.354 e. The van der Waals surface area contributed by atoms with Crippen LogP contribution < -0.4 is 16.2 Å². The number of nitrogens with one attached hydrogen (secondary N) is 2. The van der Waals surface area contributed by atoms with Crippen molar-refractivity contribution in [2.24, 2.45) is 5.92 Å². The number of likely N-dealkylation sites (tertiary alicyclic amines) is 1. The lowest BCUT2D eigenvalue weighted by molar-refractivity contribution is -0.120. The number of hydrogen-bond acceptors (Lipinski definition) is 4. The largest absolute Gasteiger partial charge is 0.354 e. The number of nitrogens with zero attached hydrogens (tertiary/aromatic N) is 3. The van der Waals surface area contributed by atoms with E-state index in [2.05, 4.69) is 40.3 Å². The van der Waals surface area contributed by atoms with E-state index in [0.717, 1.165) is 64.2 Å². The van der Waals surface area contributed by atoms with E-state index >= 15 is 0 Å². The van der Waals surface area contributed by atoms with Gasteiger partial charge in [-0.3, -0.25) is 9.59 Å². The average Bonchev–Trinajstić information content (AvgIpc) is 2.73. The van der Waals surface area contributed by atoms with Crippen molar-refractivity contribution in [1.82, 2.24) is 25.0 Å². The van der Waals surface area contributed by atoms with E-state index < -0.39 is 0 Å². The van der Waals surface area contributed by atoms with Gasteiger partial charge in [-0.05, 0) is 56.6 Å². The van der Waals surface area contributed by atoms with Crippen LogP contribution in [0.3, 0.4) is 0 Å². The Morgan fingerprint density at radius 2 is 1.90 bits per heavy atom. The number of carbonyl (C=O) groups excluding carboxylic acids is 1. The summed E-state index contributed by atoms with van der Waals surface area (Å²) in [6.45, 7) is 10.6. The summed E-state index contributed by atoms with van der Waals surface area (Å²) in [5.41, 5.74) is 1.19. The van der Waals surface area contributed by atoms with Gasteiger partial charge in [-0.2, -0.15) is 0 Å². The van der Waals surface area contributed by atoms with Crippen molar-refractivity contribution in [3.8, 4) is 0 Å². The molecule has 0 unspecified atom stereocenters. The van der Waals surface area contributed by atoms with Gasteiger partial charge in [0, 0.05) is 50.4 Å². The second kappa shape index (κ2) is 10.9. The summed E-state index contributed by atoms with van der Waals surface area (Å²) in [7, 11) is 0. The van der Waals surface area contributed by atoms with Gasteiger partial charge in [-0.1, -0.05) is 19.9 Å². The molecule has 3 heterocycles. The van der Waals surface area contributed by atoms with Crippen LogP contribution in [0.4, 0.5) is 0 Å². The third-order valence-electron chi connectivity index (χ3n) is 6.00. The molecule has 2 aliphatic heterocycles. The predicted molar refractivity (Wildman–Crippen MR) is 124 cm³/mol. The molecule has 0 aromatic carbocycles. The molecule has 1 amide bonds. The summed E-state index contributed by atoms with van der Waals surface area (Å²) in [5, 5.41) is 6.75. The van der Waals surface area contributed by atoms with Crippen LogP contribution >= 0.6 is 12.2 Å². The van der Waals surface area contributed by atoms with Crippen LogP contribution in [0.2, 0.25) is 0 Å². The Morgan fingerprint density at radius 1 is 1.13 bits per heavy atom. The quantitative estimate of drug-likeness (QED) is 0.574. The number of thiocarbonyl (C=S) groups is 1. The molecule has 3 rings (SSSR count). The molecule has 0 spiro atoms. The van der Waals surface area contributed by atoms with Gasteiger partial charge in [0.25, 0.3) is 5.56 Å². The Hall–Kier alpha value is -1.93. The van der Waals surface area contributed by atoms with Crippen molar-refractivity contribution in [1.29, 1.82) is 0 Å². The lowest BCUT2D eigenvalue weighted by Crippen LogP contribution is -2.53. The van der Waals surface area contributed by atoms with Crippen LogP contribution in [0.15, 0.2) is 23.0 Å². The molecule has 30 heavy (non-hydrogen) atoms. The number of pyridine rings is 1. The number of carbonyl (C=O) groups is 1. The molecular formula is C22H35N5O2S.